The molecule has 0 fully saturated rings. The molecule has 96 valence electrons. The van der Waals surface area contributed by atoms with Crippen LogP contribution in [0.25, 0.3) is 0 Å². The van der Waals surface area contributed by atoms with Crippen molar-refractivity contribution in [1.82, 2.24) is 0 Å². The van der Waals surface area contributed by atoms with Crippen LogP contribution in [0.15, 0.2) is 12.1 Å². The van der Waals surface area contributed by atoms with Crippen molar-refractivity contribution in [2.75, 3.05) is 19.5 Å². The summed E-state index contributed by atoms with van der Waals surface area (Å²) in [6, 6.07) is 2.73. The summed E-state index contributed by atoms with van der Waals surface area (Å²) in [7, 11) is 2.76. The molecule has 2 rings (SSSR count). The molecule has 7 heteroatoms. The molecule has 1 heterocycles. The van der Waals surface area contributed by atoms with Crippen LogP contribution in [0.1, 0.15) is 5.56 Å². The van der Waals surface area contributed by atoms with Gasteiger partial charge in [-0.25, -0.2) is 4.79 Å². The summed E-state index contributed by atoms with van der Waals surface area (Å²) in [5, 5.41) is 21.3. The molecule has 1 amide bonds. The number of anilines is 1. The Labute approximate surface area is 102 Å². The zero-order chi connectivity index (χ0) is 13.5. The van der Waals surface area contributed by atoms with Gasteiger partial charge in [0.15, 0.2) is 11.5 Å². The van der Waals surface area contributed by atoms with E-state index in [-0.39, 0.29) is 17.0 Å². The molecule has 1 aromatic carbocycles. The lowest BCUT2D eigenvalue weighted by molar-refractivity contribution is -0.164. The number of amides is 1. The van der Waals surface area contributed by atoms with Crippen LogP contribution in [0.5, 0.6) is 11.5 Å². The topological polar surface area (TPSA) is 105 Å². The molecule has 1 aliphatic rings. The Hall–Kier alpha value is -2.28. The number of carbonyl (C=O) groups is 2. The lowest BCUT2D eigenvalue weighted by atomic mass is 9.95. The van der Waals surface area contributed by atoms with E-state index in [1.165, 1.54) is 26.4 Å². The number of methoxy groups -OCH3 is 2. The second-order valence-electron chi connectivity index (χ2n) is 3.69. The van der Waals surface area contributed by atoms with Gasteiger partial charge in [-0.15, -0.1) is 0 Å². The lowest BCUT2D eigenvalue weighted by Crippen LogP contribution is -2.42. The number of carbonyl (C=O) groups excluding carboxylic acids is 1. The first-order chi connectivity index (χ1) is 8.46. The summed E-state index contributed by atoms with van der Waals surface area (Å²) in [5.41, 5.74) is -2.57. The molecule has 7 nitrogen and oxygen atoms in total. The Kier molecular flexibility index (Phi) is 2.63. The Balaban J connectivity index is 2.70. The number of nitrogens with one attached hydrogen (secondary N) is 1. The standard InChI is InChI=1S/C11H11NO6/c1-17-6-4-3-5-7(8(6)18-2)12-9(13)11(5,16)10(14)15/h3-4,16H,1-2H3,(H,12,13)(H,14,15). The SMILES string of the molecule is COc1ccc2c(c1OC)NC(=O)C2(O)C(=O)O. The molecular formula is C11H11NO6. The molecule has 0 spiro atoms. The van der Waals surface area contributed by atoms with Crippen LogP contribution in [0.2, 0.25) is 0 Å². The van der Waals surface area contributed by atoms with Crippen molar-refractivity contribution in [2.24, 2.45) is 0 Å². The predicted octanol–water partition coefficient (Wildman–Crippen LogP) is -0.0719. The Morgan fingerprint density at radius 1 is 1.33 bits per heavy atom. The number of hydrogen-bond donors (Lipinski definition) is 3. The van der Waals surface area contributed by atoms with E-state index in [1.54, 1.807) is 0 Å². The highest BCUT2D eigenvalue weighted by molar-refractivity contribution is 6.18. The highest BCUT2D eigenvalue weighted by Crippen LogP contribution is 2.46. The van der Waals surface area contributed by atoms with Crippen molar-refractivity contribution in [3.8, 4) is 11.5 Å². The van der Waals surface area contributed by atoms with Crippen LogP contribution >= 0.6 is 0 Å². The minimum absolute atomic E-state index is 0.0716. The van der Waals surface area contributed by atoms with Gasteiger partial charge in [-0.05, 0) is 12.1 Å². The largest absolute Gasteiger partial charge is 0.493 e. The van der Waals surface area contributed by atoms with Gasteiger partial charge in [0.25, 0.3) is 11.5 Å². The van der Waals surface area contributed by atoms with Crippen LogP contribution in [0, 0.1) is 0 Å². The third kappa shape index (κ3) is 1.34. The zero-order valence-corrected chi connectivity index (χ0v) is 9.68. The smallest absolute Gasteiger partial charge is 0.350 e. The van der Waals surface area contributed by atoms with E-state index in [0.29, 0.717) is 5.75 Å². The molecule has 3 N–H and O–H groups in total. The highest BCUT2D eigenvalue weighted by Gasteiger charge is 2.53. The average molecular weight is 253 g/mol. The van der Waals surface area contributed by atoms with E-state index < -0.39 is 17.5 Å². The van der Waals surface area contributed by atoms with Gasteiger partial charge in [-0.3, -0.25) is 4.79 Å². The van der Waals surface area contributed by atoms with E-state index in [4.69, 9.17) is 14.6 Å². The van der Waals surface area contributed by atoms with E-state index in [9.17, 15) is 14.7 Å². The maximum absolute atomic E-state index is 11.6. The van der Waals surface area contributed by atoms with Crippen molar-refractivity contribution in [1.29, 1.82) is 0 Å². The lowest BCUT2D eigenvalue weighted by Gasteiger charge is -2.16. The van der Waals surface area contributed by atoms with E-state index in [1.807, 2.05) is 0 Å². The van der Waals surface area contributed by atoms with Gasteiger partial charge >= 0.3 is 5.97 Å². The fourth-order valence-corrected chi connectivity index (χ4v) is 1.89. The van der Waals surface area contributed by atoms with Crippen LogP contribution in [0.4, 0.5) is 5.69 Å². The Morgan fingerprint density at radius 2 is 2.00 bits per heavy atom. The first-order valence-electron chi connectivity index (χ1n) is 4.99. The van der Waals surface area contributed by atoms with Crippen molar-refractivity contribution in [3.63, 3.8) is 0 Å². The summed E-state index contributed by atoms with van der Waals surface area (Å²) >= 11 is 0. The van der Waals surface area contributed by atoms with Gasteiger partial charge in [0.05, 0.1) is 19.9 Å². The molecule has 18 heavy (non-hydrogen) atoms. The average Bonchev–Trinajstić information content (AvgIpc) is 2.61. The molecule has 0 bridgehead atoms. The van der Waals surface area contributed by atoms with E-state index in [0.717, 1.165) is 0 Å². The second kappa shape index (κ2) is 3.88. The van der Waals surface area contributed by atoms with Crippen LogP contribution in [0.3, 0.4) is 0 Å². The van der Waals surface area contributed by atoms with Gasteiger partial charge in [0, 0.05) is 5.56 Å². The minimum atomic E-state index is -2.60. The predicted molar refractivity (Wildman–Crippen MR) is 59.7 cm³/mol. The molecule has 1 aliphatic heterocycles. The number of ether oxygens (including phenoxy) is 2. The summed E-state index contributed by atoms with van der Waals surface area (Å²) in [6.07, 6.45) is 0. The van der Waals surface area contributed by atoms with Gasteiger partial charge in [-0.1, -0.05) is 0 Å². The maximum Gasteiger partial charge on any atom is 0.350 e. The summed E-state index contributed by atoms with van der Waals surface area (Å²) < 4.78 is 10.1. The number of aliphatic carboxylic acids is 1. The van der Waals surface area contributed by atoms with Crippen molar-refractivity contribution in [3.05, 3.63) is 17.7 Å². The maximum atomic E-state index is 11.6. The fraction of sp³-hybridized carbons (Fsp3) is 0.273. The molecule has 0 radical (unpaired) electrons. The molecule has 0 aliphatic carbocycles. The summed E-state index contributed by atoms with van der Waals surface area (Å²) in [5.74, 6) is -2.19. The first kappa shape index (κ1) is 12.2. The molecule has 0 saturated carbocycles. The molecular weight excluding hydrogens is 242 g/mol. The molecule has 1 atom stereocenters. The van der Waals surface area contributed by atoms with E-state index >= 15 is 0 Å². The van der Waals surface area contributed by atoms with Gasteiger partial charge < -0.3 is 25.0 Å². The fourth-order valence-electron chi connectivity index (χ4n) is 1.89. The Morgan fingerprint density at radius 3 is 2.50 bits per heavy atom. The summed E-state index contributed by atoms with van der Waals surface area (Å²) in [6.45, 7) is 0. The Bertz CT molecular complexity index is 541. The molecule has 1 aromatic rings. The summed E-state index contributed by atoms with van der Waals surface area (Å²) in [4.78, 5) is 22.7. The van der Waals surface area contributed by atoms with Crippen molar-refractivity contribution in [2.45, 2.75) is 5.60 Å². The quantitative estimate of drug-likeness (QED) is 0.651. The van der Waals surface area contributed by atoms with Crippen molar-refractivity contribution < 1.29 is 29.3 Å². The number of carboxylic acids is 1. The third-order valence-corrected chi connectivity index (χ3v) is 2.81. The second-order valence-corrected chi connectivity index (χ2v) is 3.69. The highest BCUT2D eigenvalue weighted by atomic mass is 16.5. The molecule has 0 saturated heterocycles. The number of carboxylic acid groups (broad SMARTS) is 1. The number of fused-ring (bicyclic) bond motifs is 1. The molecule has 1 unspecified atom stereocenters. The van der Waals surface area contributed by atoms with Gasteiger partial charge in [0.2, 0.25) is 0 Å². The van der Waals surface area contributed by atoms with Crippen LogP contribution in [-0.4, -0.2) is 36.3 Å². The van der Waals surface area contributed by atoms with Crippen LogP contribution in [-0.2, 0) is 15.2 Å². The zero-order valence-electron chi connectivity index (χ0n) is 9.68. The van der Waals surface area contributed by atoms with Gasteiger partial charge in [0.1, 0.15) is 0 Å². The van der Waals surface area contributed by atoms with Gasteiger partial charge in [-0.2, -0.15) is 0 Å². The first-order valence-corrected chi connectivity index (χ1v) is 4.99. The van der Waals surface area contributed by atoms with Crippen LogP contribution < -0.4 is 14.8 Å². The normalized spacial score (nSPS) is 21.2. The number of rotatable bonds is 3. The number of hydrogen-bond acceptors (Lipinski definition) is 5. The van der Waals surface area contributed by atoms with E-state index in [2.05, 4.69) is 5.32 Å². The number of aliphatic hydroxyl groups is 1. The monoisotopic (exact) mass is 253 g/mol. The number of benzene rings is 1. The molecule has 0 aromatic heterocycles. The minimum Gasteiger partial charge on any atom is -0.493 e. The van der Waals surface area contributed by atoms with Crippen molar-refractivity contribution >= 4 is 17.6 Å². The third-order valence-electron chi connectivity index (χ3n) is 2.81.